The largest absolute Gasteiger partial charge is 0.492 e. The highest BCUT2D eigenvalue weighted by atomic mass is 79.9. The number of nitrogens with one attached hydrogen (secondary N) is 1. The quantitative estimate of drug-likeness (QED) is 0.681. The Kier molecular flexibility index (Phi) is 7.79. The predicted molar refractivity (Wildman–Crippen MR) is 92.4 cm³/mol. The van der Waals surface area contributed by atoms with Gasteiger partial charge in [-0.15, -0.1) is 0 Å². The molecule has 0 aliphatic heterocycles. The van der Waals surface area contributed by atoms with Crippen molar-refractivity contribution in [2.45, 2.75) is 51.8 Å². The van der Waals surface area contributed by atoms with Gasteiger partial charge in [0.25, 0.3) is 0 Å². The van der Waals surface area contributed by atoms with Gasteiger partial charge in [-0.05, 0) is 43.4 Å². The second-order valence-electron chi connectivity index (χ2n) is 5.62. The maximum atomic E-state index is 11.9. The fourth-order valence-corrected chi connectivity index (χ4v) is 2.42. The number of benzene rings is 1. The first kappa shape index (κ1) is 18.0. The molecule has 1 aromatic carbocycles. The Bertz CT molecular complexity index is 460. The Morgan fingerprint density at radius 1 is 1.33 bits per heavy atom. The van der Waals surface area contributed by atoms with Crippen LogP contribution in [0.25, 0.3) is 0 Å². The van der Waals surface area contributed by atoms with E-state index in [-0.39, 0.29) is 5.91 Å². The van der Waals surface area contributed by atoms with E-state index in [1.54, 1.807) is 0 Å². The third-order valence-electron chi connectivity index (χ3n) is 3.11. The molecule has 4 heteroatoms. The summed E-state index contributed by atoms with van der Waals surface area (Å²) in [5.41, 5.74) is 1.97. The van der Waals surface area contributed by atoms with E-state index in [4.69, 9.17) is 4.74 Å². The van der Waals surface area contributed by atoms with E-state index in [0.29, 0.717) is 23.8 Å². The molecule has 0 fully saturated rings. The summed E-state index contributed by atoms with van der Waals surface area (Å²) in [6.07, 6.45) is 2.56. The Labute approximate surface area is 136 Å². The molecular formula is C17H26BrNO2. The van der Waals surface area contributed by atoms with Gasteiger partial charge in [0.1, 0.15) is 5.75 Å². The standard InChI is InChI=1S/C17H26BrNO2/c1-5-14(18)10-13-7-8-15(16(11-13)21-6-2)19-17(20)9-12(3)4/h7-8,11-12,14H,5-6,9-10H2,1-4H3,(H,19,20). The van der Waals surface area contributed by atoms with E-state index in [9.17, 15) is 4.79 Å². The molecule has 1 aromatic rings. The van der Waals surface area contributed by atoms with Crippen LogP contribution in [0, 0.1) is 5.92 Å². The molecule has 1 atom stereocenters. The fourth-order valence-electron chi connectivity index (χ4n) is 2.04. The lowest BCUT2D eigenvalue weighted by molar-refractivity contribution is -0.116. The maximum absolute atomic E-state index is 11.9. The number of carbonyl (C=O) groups is 1. The summed E-state index contributed by atoms with van der Waals surface area (Å²) in [5.74, 6) is 1.13. The highest BCUT2D eigenvalue weighted by molar-refractivity contribution is 9.09. The van der Waals surface area contributed by atoms with Gasteiger partial charge in [0, 0.05) is 11.2 Å². The molecule has 1 amide bonds. The SMILES string of the molecule is CCOc1cc(CC(Br)CC)ccc1NC(=O)CC(C)C. The minimum absolute atomic E-state index is 0.0330. The molecule has 21 heavy (non-hydrogen) atoms. The van der Waals surface area contributed by atoms with E-state index < -0.39 is 0 Å². The van der Waals surface area contributed by atoms with E-state index >= 15 is 0 Å². The molecule has 0 aromatic heterocycles. The molecule has 3 nitrogen and oxygen atoms in total. The van der Waals surface area contributed by atoms with Gasteiger partial charge in [-0.1, -0.05) is 42.8 Å². The van der Waals surface area contributed by atoms with Gasteiger partial charge in [-0.2, -0.15) is 0 Å². The van der Waals surface area contributed by atoms with Crippen LogP contribution in [0.15, 0.2) is 18.2 Å². The van der Waals surface area contributed by atoms with Gasteiger partial charge in [-0.25, -0.2) is 0 Å². The second kappa shape index (κ2) is 9.08. The Hall–Kier alpha value is -1.03. The molecule has 118 valence electrons. The lowest BCUT2D eigenvalue weighted by Crippen LogP contribution is -2.15. The second-order valence-corrected chi connectivity index (χ2v) is 6.91. The van der Waals surface area contributed by atoms with Gasteiger partial charge in [-0.3, -0.25) is 4.79 Å². The van der Waals surface area contributed by atoms with Crippen molar-refractivity contribution in [1.29, 1.82) is 0 Å². The van der Waals surface area contributed by atoms with Gasteiger partial charge in [0.05, 0.1) is 12.3 Å². The normalized spacial score (nSPS) is 12.3. The van der Waals surface area contributed by atoms with Crippen LogP contribution in [0.4, 0.5) is 5.69 Å². The average molecular weight is 356 g/mol. The minimum atomic E-state index is 0.0330. The highest BCUT2D eigenvalue weighted by Gasteiger charge is 2.11. The van der Waals surface area contributed by atoms with Crippen LogP contribution in [0.1, 0.15) is 46.1 Å². The highest BCUT2D eigenvalue weighted by Crippen LogP contribution is 2.28. The Morgan fingerprint density at radius 3 is 2.62 bits per heavy atom. The first-order valence-electron chi connectivity index (χ1n) is 7.65. The minimum Gasteiger partial charge on any atom is -0.492 e. The van der Waals surface area contributed by atoms with Crippen LogP contribution in [-0.4, -0.2) is 17.3 Å². The molecule has 0 bridgehead atoms. The summed E-state index contributed by atoms with van der Waals surface area (Å²) in [5, 5.41) is 2.95. The number of carbonyl (C=O) groups excluding carboxylic acids is 1. The first-order chi connectivity index (χ1) is 9.96. The maximum Gasteiger partial charge on any atom is 0.224 e. The van der Waals surface area contributed by atoms with Crippen molar-refractivity contribution in [1.82, 2.24) is 0 Å². The summed E-state index contributed by atoms with van der Waals surface area (Å²) >= 11 is 3.65. The lowest BCUT2D eigenvalue weighted by atomic mass is 10.1. The third kappa shape index (κ3) is 6.51. The smallest absolute Gasteiger partial charge is 0.224 e. The topological polar surface area (TPSA) is 38.3 Å². The third-order valence-corrected chi connectivity index (χ3v) is 4.08. The number of halogens is 1. The van der Waals surface area contributed by atoms with Crippen molar-refractivity contribution in [3.63, 3.8) is 0 Å². The molecule has 0 heterocycles. The van der Waals surface area contributed by atoms with Crippen molar-refractivity contribution in [3.05, 3.63) is 23.8 Å². The summed E-state index contributed by atoms with van der Waals surface area (Å²) in [4.78, 5) is 12.4. The molecular weight excluding hydrogens is 330 g/mol. The molecule has 1 rings (SSSR count). The zero-order chi connectivity index (χ0) is 15.8. The number of anilines is 1. The molecule has 1 N–H and O–H groups in total. The molecule has 0 saturated heterocycles. The number of amides is 1. The van der Waals surface area contributed by atoms with E-state index in [0.717, 1.165) is 24.3 Å². The van der Waals surface area contributed by atoms with Crippen LogP contribution in [0.2, 0.25) is 0 Å². The number of hydrogen-bond acceptors (Lipinski definition) is 2. The number of alkyl halides is 1. The van der Waals surface area contributed by atoms with E-state index in [1.807, 2.05) is 32.9 Å². The zero-order valence-corrected chi connectivity index (χ0v) is 15.0. The number of hydrogen-bond donors (Lipinski definition) is 1. The van der Waals surface area contributed by atoms with E-state index in [1.165, 1.54) is 5.56 Å². The van der Waals surface area contributed by atoms with Crippen LogP contribution in [0.5, 0.6) is 5.75 Å². The summed E-state index contributed by atoms with van der Waals surface area (Å²) in [6.45, 7) is 8.76. The summed E-state index contributed by atoms with van der Waals surface area (Å²) < 4.78 is 5.67. The Balaban J connectivity index is 2.85. The monoisotopic (exact) mass is 355 g/mol. The zero-order valence-electron chi connectivity index (χ0n) is 13.4. The average Bonchev–Trinajstić information content (AvgIpc) is 2.41. The predicted octanol–water partition coefficient (Wildman–Crippen LogP) is 4.79. The van der Waals surface area contributed by atoms with Gasteiger partial charge in [0.15, 0.2) is 0 Å². The Morgan fingerprint density at radius 2 is 2.05 bits per heavy atom. The summed E-state index contributed by atoms with van der Waals surface area (Å²) in [7, 11) is 0. The molecule has 0 aliphatic carbocycles. The van der Waals surface area contributed by atoms with Gasteiger partial charge in [0.2, 0.25) is 5.91 Å². The first-order valence-corrected chi connectivity index (χ1v) is 8.57. The van der Waals surface area contributed by atoms with Gasteiger partial charge < -0.3 is 10.1 Å². The number of ether oxygens (including phenoxy) is 1. The van der Waals surface area contributed by atoms with Gasteiger partial charge >= 0.3 is 0 Å². The van der Waals surface area contributed by atoms with Crippen molar-refractivity contribution in [2.24, 2.45) is 5.92 Å². The summed E-state index contributed by atoms with van der Waals surface area (Å²) in [6, 6.07) is 6.02. The van der Waals surface area contributed by atoms with Crippen molar-refractivity contribution in [3.8, 4) is 5.75 Å². The number of rotatable bonds is 8. The van der Waals surface area contributed by atoms with Crippen molar-refractivity contribution >= 4 is 27.5 Å². The molecule has 0 spiro atoms. The molecule has 0 radical (unpaired) electrons. The van der Waals surface area contributed by atoms with Crippen LogP contribution in [-0.2, 0) is 11.2 Å². The van der Waals surface area contributed by atoms with Crippen LogP contribution < -0.4 is 10.1 Å². The van der Waals surface area contributed by atoms with Crippen LogP contribution in [0.3, 0.4) is 0 Å². The molecule has 0 saturated carbocycles. The molecule has 1 unspecified atom stereocenters. The fraction of sp³-hybridized carbons (Fsp3) is 0.588. The molecule has 0 aliphatic rings. The van der Waals surface area contributed by atoms with Crippen molar-refractivity contribution in [2.75, 3.05) is 11.9 Å². The van der Waals surface area contributed by atoms with Crippen molar-refractivity contribution < 1.29 is 9.53 Å². The lowest BCUT2D eigenvalue weighted by Gasteiger charge is -2.15. The van der Waals surface area contributed by atoms with E-state index in [2.05, 4.69) is 34.2 Å². The van der Waals surface area contributed by atoms with Crippen LogP contribution >= 0.6 is 15.9 Å².